The zero-order chi connectivity index (χ0) is 33.1. The minimum Gasteiger partial charge on any atom is -0.444 e. The minimum atomic E-state index is -0.558. The molecule has 0 spiro atoms. The monoisotopic (exact) mass is 662 g/mol. The summed E-state index contributed by atoms with van der Waals surface area (Å²) in [5.74, 6) is 0.190. The van der Waals surface area contributed by atoms with E-state index in [4.69, 9.17) is 42.5 Å². The van der Waals surface area contributed by atoms with Gasteiger partial charge < -0.3 is 34.4 Å². The fraction of sp³-hybridized carbons (Fsp3) is 0.452. The number of oxazole rings is 2. The van der Waals surface area contributed by atoms with Crippen molar-refractivity contribution in [1.29, 1.82) is 0 Å². The molecule has 1 amide bonds. The van der Waals surface area contributed by atoms with Gasteiger partial charge in [-0.3, -0.25) is 9.59 Å². The van der Waals surface area contributed by atoms with Crippen molar-refractivity contribution >= 4 is 75.1 Å². The van der Waals surface area contributed by atoms with Gasteiger partial charge in [0.25, 0.3) is 12.0 Å². The Balaban J connectivity index is 0.000000257. The Morgan fingerprint density at radius 1 is 0.822 bits per heavy atom. The summed E-state index contributed by atoms with van der Waals surface area (Å²) in [4.78, 5) is 46.7. The Morgan fingerprint density at radius 3 is 1.71 bits per heavy atom. The number of fused-ring (bicyclic) bond motifs is 2. The highest BCUT2D eigenvalue weighted by Crippen LogP contribution is 2.26. The van der Waals surface area contributed by atoms with Crippen molar-refractivity contribution in [2.24, 2.45) is 5.73 Å². The number of nitrogens with zero attached hydrogens (tertiary/aromatic N) is 4. The molecule has 0 atom stereocenters. The highest BCUT2D eigenvalue weighted by atomic mass is 35.5. The number of alkyl carbamates (subject to hydrolysis) is 1. The first kappa shape index (κ1) is 35.6. The highest BCUT2D eigenvalue weighted by Gasteiger charge is 2.18. The maximum Gasteiger partial charge on any atom is 0.407 e. The van der Waals surface area contributed by atoms with Crippen LogP contribution >= 0.6 is 23.2 Å². The number of hydrogen-bond donors (Lipinski definition) is 2. The average molecular weight is 664 g/mol. The molecular formula is C31H40Cl2N6O6. The van der Waals surface area contributed by atoms with Gasteiger partial charge in [0.05, 0.1) is 0 Å². The number of hydrogen-bond acceptors (Lipinski definition) is 11. The number of benzene rings is 2. The van der Waals surface area contributed by atoms with E-state index in [1.54, 1.807) is 64.1 Å². The molecular weight excluding hydrogens is 623 g/mol. The number of ketones is 2. The molecule has 0 saturated carbocycles. The third-order valence-electron chi connectivity index (χ3n) is 6.13. The molecule has 3 N–H and O–H groups in total. The Kier molecular flexibility index (Phi) is 13.0. The summed E-state index contributed by atoms with van der Waals surface area (Å²) in [6.07, 6.45) is 0.305. The first-order valence-electron chi connectivity index (χ1n) is 14.5. The zero-order valence-corrected chi connectivity index (χ0v) is 27.7. The van der Waals surface area contributed by atoms with Gasteiger partial charge >= 0.3 is 6.09 Å². The van der Waals surface area contributed by atoms with E-state index in [-0.39, 0.29) is 11.6 Å². The summed E-state index contributed by atoms with van der Waals surface area (Å²) < 4.78 is 16.6. The number of carbonyl (C=O) groups excluding carboxylic acids is 3. The van der Waals surface area contributed by atoms with Crippen molar-refractivity contribution in [3.05, 3.63) is 46.4 Å². The van der Waals surface area contributed by atoms with Crippen LogP contribution in [0.2, 0.25) is 10.0 Å². The van der Waals surface area contributed by atoms with E-state index in [9.17, 15) is 14.4 Å². The summed E-state index contributed by atoms with van der Waals surface area (Å²) in [7, 11) is 0. The molecule has 0 saturated heterocycles. The fourth-order valence-corrected chi connectivity index (χ4v) is 4.33. The quantitative estimate of drug-likeness (QED) is 0.172. The van der Waals surface area contributed by atoms with Crippen LogP contribution in [0.5, 0.6) is 0 Å². The van der Waals surface area contributed by atoms with Crippen LogP contribution in [0.1, 0.15) is 47.5 Å². The van der Waals surface area contributed by atoms with Crippen molar-refractivity contribution in [2.75, 3.05) is 49.1 Å². The van der Waals surface area contributed by atoms with Crippen molar-refractivity contribution in [3.8, 4) is 0 Å². The van der Waals surface area contributed by atoms with Gasteiger partial charge in [-0.1, -0.05) is 23.2 Å². The molecule has 0 bridgehead atoms. The molecule has 0 fully saturated rings. The topological polar surface area (TPSA) is 157 Å². The third kappa shape index (κ3) is 11.9. The first-order chi connectivity index (χ1) is 21.2. The van der Waals surface area contributed by atoms with Crippen LogP contribution in [0.3, 0.4) is 0 Å². The number of nitrogens with two attached hydrogens (primary N) is 1. The number of nitrogens with one attached hydrogen (secondary N) is 1. The summed E-state index contributed by atoms with van der Waals surface area (Å²) >= 11 is 11.9. The molecule has 0 aliphatic rings. The second kappa shape index (κ2) is 16.4. The van der Waals surface area contributed by atoms with Crippen LogP contribution in [0.15, 0.2) is 45.2 Å². The standard InChI is InChI=1S/C18H24ClN3O4.C13H16ClN3O2/c1-12(23)7-9-22(10-8-20-17(24)26-18(2,3)4)16-21-14-11-13(19)5-6-15(14)25-16;1-9(18)4-6-17(7-5-15)13-16-11-8-10(14)2-3-12(11)19-13/h5-6,11H,7-10H2,1-4H3,(H,20,24);2-3,8H,4-7,15H2,1H3. The molecule has 0 radical (unpaired) electrons. The van der Waals surface area contributed by atoms with Gasteiger partial charge in [0.1, 0.15) is 28.2 Å². The van der Waals surface area contributed by atoms with Gasteiger partial charge in [-0.25, -0.2) is 4.79 Å². The van der Waals surface area contributed by atoms with E-state index in [1.807, 2.05) is 9.80 Å². The van der Waals surface area contributed by atoms with Gasteiger partial charge in [0.15, 0.2) is 11.2 Å². The lowest BCUT2D eigenvalue weighted by Crippen LogP contribution is -2.38. The SMILES string of the molecule is CC(=O)CCN(CCN)c1nc2cc(Cl)ccc2o1.CC(=O)CCN(CCNC(=O)OC(C)(C)C)c1nc2cc(Cl)ccc2o1. The third-order valence-corrected chi connectivity index (χ3v) is 6.60. The lowest BCUT2D eigenvalue weighted by molar-refractivity contribution is -0.117. The summed E-state index contributed by atoms with van der Waals surface area (Å²) in [6, 6.07) is 11.3. The average Bonchev–Trinajstić information content (AvgIpc) is 3.55. The van der Waals surface area contributed by atoms with Crippen LogP contribution in [0, 0.1) is 0 Å². The van der Waals surface area contributed by atoms with E-state index < -0.39 is 11.7 Å². The maximum atomic E-state index is 11.8. The van der Waals surface area contributed by atoms with Gasteiger partial charge in [-0.2, -0.15) is 9.97 Å². The fourth-order valence-electron chi connectivity index (χ4n) is 4.00. The van der Waals surface area contributed by atoms with Gasteiger partial charge in [0, 0.05) is 62.2 Å². The molecule has 0 unspecified atom stereocenters. The largest absolute Gasteiger partial charge is 0.444 e. The number of amides is 1. The van der Waals surface area contributed by atoms with Crippen LogP contribution in [0.4, 0.5) is 16.8 Å². The number of aromatic nitrogens is 2. The zero-order valence-electron chi connectivity index (χ0n) is 26.2. The first-order valence-corrected chi connectivity index (χ1v) is 15.3. The van der Waals surface area contributed by atoms with Gasteiger partial charge in [-0.05, 0) is 71.0 Å². The second-order valence-corrected chi connectivity index (χ2v) is 12.2. The number of anilines is 2. The lowest BCUT2D eigenvalue weighted by atomic mass is 10.2. The van der Waals surface area contributed by atoms with Crippen molar-refractivity contribution in [2.45, 2.75) is 53.1 Å². The smallest absolute Gasteiger partial charge is 0.407 e. The highest BCUT2D eigenvalue weighted by molar-refractivity contribution is 6.31. The number of ether oxygens (including phenoxy) is 1. The number of Topliss-reactive ketones (excluding diaryl/α,β-unsaturated/α-hetero) is 2. The Hall–Kier alpha value is -3.87. The maximum absolute atomic E-state index is 11.8. The summed E-state index contributed by atoms with van der Waals surface area (Å²) in [5, 5.41) is 3.87. The predicted molar refractivity (Wildman–Crippen MR) is 176 cm³/mol. The lowest BCUT2D eigenvalue weighted by Gasteiger charge is -2.22. The molecule has 2 aromatic carbocycles. The Morgan fingerprint density at radius 2 is 1.29 bits per heavy atom. The predicted octanol–water partition coefficient (Wildman–Crippen LogP) is 6.02. The number of carbonyl (C=O) groups is 3. The van der Waals surface area contributed by atoms with Crippen LogP contribution in [-0.2, 0) is 14.3 Å². The van der Waals surface area contributed by atoms with Crippen LogP contribution in [0.25, 0.3) is 22.2 Å². The van der Waals surface area contributed by atoms with Gasteiger partial charge in [-0.15, -0.1) is 0 Å². The van der Waals surface area contributed by atoms with Crippen molar-refractivity contribution in [1.82, 2.24) is 15.3 Å². The second-order valence-electron chi connectivity index (χ2n) is 11.3. The normalized spacial score (nSPS) is 11.2. The molecule has 0 aliphatic carbocycles. The molecule has 14 heteroatoms. The van der Waals surface area contributed by atoms with E-state index in [0.29, 0.717) is 96.4 Å². The molecule has 4 aromatic rings. The molecule has 12 nitrogen and oxygen atoms in total. The van der Waals surface area contributed by atoms with Gasteiger partial charge in [0.2, 0.25) is 0 Å². The molecule has 45 heavy (non-hydrogen) atoms. The number of halogens is 2. The Bertz CT molecular complexity index is 1600. The molecule has 244 valence electrons. The minimum absolute atomic E-state index is 0.0641. The van der Waals surface area contributed by atoms with Crippen molar-refractivity contribution in [3.63, 3.8) is 0 Å². The molecule has 2 heterocycles. The number of rotatable bonds is 13. The van der Waals surface area contributed by atoms with Crippen molar-refractivity contribution < 1.29 is 28.0 Å². The van der Waals surface area contributed by atoms with E-state index in [0.717, 1.165) is 0 Å². The molecule has 0 aliphatic heterocycles. The summed E-state index contributed by atoms with van der Waals surface area (Å²) in [6.45, 7) is 11.3. The van der Waals surface area contributed by atoms with E-state index >= 15 is 0 Å². The molecule has 4 rings (SSSR count). The van der Waals surface area contributed by atoms with Crippen LogP contribution in [-0.4, -0.2) is 72.5 Å². The van der Waals surface area contributed by atoms with E-state index in [2.05, 4.69) is 15.3 Å². The molecule has 2 aromatic heterocycles. The summed E-state index contributed by atoms with van der Waals surface area (Å²) in [5.41, 5.74) is 7.64. The van der Waals surface area contributed by atoms with E-state index in [1.165, 1.54) is 6.92 Å². The Labute approximate surface area is 272 Å². The van der Waals surface area contributed by atoms with Crippen LogP contribution < -0.4 is 20.9 Å².